The van der Waals surface area contributed by atoms with E-state index < -0.39 is 24.3 Å². The van der Waals surface area contributed by atoms with Crippen LogP contribution < -0.4 is 0 Å². The summed E-state index contributed by atoms with van der Waals surface area (Å²) >= 11 is 0. The van der Waals surface area contributed by atoms with E-state index in [1.807, 2.05) is 25.2 Å². The summed E-state index contributed by atoms with van der Waals surface area (Å²) in [6, 6.07) is 0. The molecule has 0 aromatic heterocycles. The van der Waals surface area contributed by atoms with Crippen LogP contribution in [0.15, 0.2) is 72.9 Å². The summed E-state index contributed by atoms with van der Waals surface area (Å²) in [5, 5.41) is 37.5. The zero-order chi connectivity index (χ0) is 20.3. The average molecular weight is 376 g/mol. The van der Waals surface area contributed by atoms with Crippen molar-refractivity contribution in [2.45, 2.75) is 57.3 Å². The molecule has 27 heavy (non-hydrogen) atoms. The minimum absolute atomic E-state index is 0.0705. The van der Waals surface area contributed by atoms with Crippen molar-refractivity contribution >= 4 is 5.97 Å². The molecule has 0 fully saturated rings. The summed E-state index contributed by atoms with van der Waals surface area (Å²) in [7, 11) is 0. The molecule has 0 rings (SSSR count). The Hall–Kier alpha value is -2.21. The Balaban J connectivity index is 4.01. The third-order valence-corrected chi connectivity index (χ3v) is 3.39. The maximum Gasteiger partial charge on any atom is 0.303 e. The van der Waals surface area contributed by atoms with Gasteiger partial charge in [-0.15, -0.1) is 0 Å². The van der Waals surface area contributed by atoms with Gasteiger partial charge in [-0.1, -0.05) is 79.8 Å². The molecule has 1 unspecified atom stereocenters. The number of aliphatic hydroxyl groups excluding tert-OH is 3. The van der Waals surface area contributed by atoms with Crippen LogP contribution in [0.4, 0.5) is 0 Å². The van der Waals surface area contributed by atoms with Crippen LogP contribution in [0.3, 0.4) is 0 Å². The van der Waals surface area contributed by atoms with Crippen molar-refractivity contribution < 1.29 is 25.2 Å². The van der Waals surface area contributed by atoms with Gasteiger partial charge in [-0.2, -0.15) is 0 Å². The van der Waals surface area contributed by atoms with Crippen LogP contribution in [-0.2, 0) is 4.79 Å². The van der Waals surface area contributed by atoms with Gasteiger partial charge < -0.3 is 20.4 Å². The molecular formula is C22H32O5. The molecule has 0 spiro atoms. The number of aliphatic carboxylic acids is 1. The van der Waals surface area contributed by atoms with Gasteiger partial charge in [-0.3, -0.25) is 4.79 Å². The fourth-order valence-electron chi connectivity index (χ4n) is 1.93. The predicted octanol–water partition coefficient (Wildman–Crippen LogP) is 3.46. The van der Waals surface area contributed by atoms with Crippen molar-refractivity contribution in [3.8, 4) is 0 Å². The molecule has 0 bridgehead atoms. The van der Waals surface area contributed by atoms with Crippen LogP contribution in [0, 0.1) is 0 Å². The monoisotopic (exact) mass is 376 g/mol. The molecule has 0 aliphatic rings. The van der Waals surface area contributed by atoms with Crippen LogP contribution >= 0.6 is 0 Å². The van der Waals surface area contributed by atoms with Gasteiger partial charge in [0.15, 0.2) is 0 Å². The summed E-state index contributed by atoms with van der Waals surface area (Å²) < 4.78 is 0. The molecule has 5 nitrogen and oxygen atoms in total. The van der Waals surface area contributed by atoms with E-state index in [9.17, 15) is 20.1 Å². The minimum Gasteiger partial charge on any atom is -0.481 e. The lowest BCUT2D eigenvalue weighted by Gasteiger charge is -2.00. The highest BCUT2D eigenvalue weighted by atomic mass is 16.4. The van der Waals surface area contributed by atoms with E-state index in [2.05, 4.69) is 0 Å². The number of carbonyl (C=O) groups is 1. The smallest absolute Gasteiger partial charge is 0.303 e. The lowest BCUT2D eigenvalue weighted by Crippen LogP contribution is -2.05. The fraction of sp³-hybridized carbons (Fsp3) is 0.409. The first-order chi connectivity index (χ1) is 13.0. The van der Waals surface area contributed by atoms with Crippen LogP contribution in [-0.4, -0.2) is 44.7 Å². The number of rotatable bonds is 14. The zero-order valence-corrected chi connectivity index (χ0v) is 15.9. The first-order valence-corrected chi connectivity index (χ1v) is 9.21. The van der Waals surface area contributed by atoms with E-state index in [-0.39, 0.29) is 12.8 Å². The summed E-state index contributed by atoms with van der Waals surface area (Å²) in [5.74, 6) is -0.931. The van der Waals surface area contributed by atoms with Gasteiger partial charge in [0.25, 0.3) is 0 Å². The second kappa shape index (κ2) is 17.2. The van der Waals surface area contributed by atoms with Crippen LogP contribution in [0.25, 0.3) is 0 Å². The maximum atomic E-state index is 10.4. The molecule has 0 heterocycles. The maximum absolute atomic E-state index is 10.4. The molecule has 150 valence electrons. The third-order valence-electron chi connectivity index (χ3n) is 3.39. The van der Waals surface area contributed by atoms with Crippen molar-refractivity contribution in [2.24, 2.45) is 0 Å². The van der Waals surface area contributed by atoms with E-state index in [1.165, 1.54) is 6.08 Å². The number of hydrogen-bond acceptors (Lipinski definition) is 4. The summed E-state index contributed by atoms with van der Waals surface area (Å²) in [6.45, 7) is 2.04. The molecule has 0 aromatic carbocycles. The molecule has 3 atom stereocenters. The fourth-order valence-corrected chi connectivity index (χ4v) is 1.93. The number of hydrogen-bond donors (Lipinski definition) is 4. The van der Waals surface area contributed by atoms with Gasteiger partial charge in [0.1, 0.15) is 0 Å². The van der Waals surface area contributed by atoms with E-state index in [4.69, 9.17) is 5.11 Å². The molecule has 0 aliphatic heterocycles. The Morgan fingerprint density at radius 1 is 0.741 bits per heavy atom. The third kappa shape index (κ3) is 18.4. The van der Waals surface area contributed by atoms with Gasteiger partial charge in [0, 0.05) is 6.42 Å². The summed E-state index contributed by atoms with van der Waals surface area (Å²) in [5.41, 5.74) is 0. The molecule has 0 aromatic rings. The highest BCUT2D eigenvalue weighted by Crippen LogP contribution is 2.00. The van der Waals surface area contributed by atoms with Gasteiger partial charge in [0.05, 0.1) is 18.3 Å². The van der Waals surface area contributed by atoms with Crippen molar-refractivity contribution in [1.29, 1.82) is 0 Å². The molecule has 0 saturated heterocycles. The molecule has 4 N–H and O–H groups in total. The van der Waals surface area contributed by atoms with Crippen molar-refractivity contribution in [3.05, 3.63) is 72.9 Å². The van der Waals surface area contributed by atoms with Crippen molar-refractivity contribution in [1.82, 2.24) is 0 Å². The first kappa shape index (κ1) is 24.8. The Bertz CT molecular complexity index is 555. The summed E-state index contributed by atoms with van der Waals surface area (Å²) in [4.78, 5) is 10.4. The second-order valence-electron chi connectivity index (χ2n) is 5.95. The standard InChI is InChI=1S/C22H32O5/c1-2-3-7-12-19(23)14-10-6-11-15-20(24)13-8-4-5-9-16-21(25)17-18-22(26)27/h3-11,13-14,16,19-21,23-25H,2,12,15,17-18H2,1H3,(H,26,27)/b5-4+,7-3-,11-6-,13-8+,14-10+,16-9-/t19-,20?,21-/m1/s1. The van der Waals surface area contributed by atoms with Crippen LogP contribution in [0.5, 0.6) is 0 Å². The predicted molar refractivity (Wildman–Crippen MR) is 109 cm³/mol. The topological polar surface area (TPSA) is 98.0 Å². The van der Waals surface area contributed by atoms with Crippen molar-refractivity contribution in [2.75, 3.05) is 0 Å². The number of aliphatic hydroxyl groups is 3. The first-order valence-electron chi connectivity index (χ1n) is 9.21. The second-order valence-corrected chi connectivity index (χ2v) is 5.95. The van der Waals surface area contributed by atoms with Crippen molar-refractivity contribution in [3.63, 3.8) is 0 Å². The normalized spacial score (nSPS) is 16.6. The van der Waals surface area contributed by atoms with E-state index >= 15 is 0 Å². The van der Waals surface area contributed by atoms with E-state index in [1.54, 1.807) is 48.6 Å². The zero-order valence-electron chi connectivity index (χ0n) is 15.9. The van der Waals surface area contributed by atoms with E-state index in [0.29, 0.717) is 12.8 Å². The molecule has 0 aliphatic carbocycles. The van der Waals surface area contributed by atoms with Crippen LogP contribution in [0.1, 0.15) is 39.0 Å². The number of allylic oxidation sites excluding steroid dienone is 7. The Kier molecular flexibility index (Phi) is 15.8. The molecule has 0 amide bonds. The average Bonchev–Trinajstić information content (AvgIpc) is 2.62. The van der Waals surface area contributed by atoms with Gasteiger partial charge in [-0.25, -0.2) is 0 Å². The Labute approximate surface area is 162 Å². The summed E-state index contributed by atoms with van der Waals surface area (Å²) in [6.07, 6.45) is 21.2. The van der Waals surface area contributed by atoms with Gasteiger partial charge >= 0.3 is 5.97 Å². The Morgan fingerprint density at radius 3 is 1.81 bits per heavy atom. The molecule has 0 saturated carbocycles. The van der Waals surface area contributed by atoms with Crippen LogP contribution in [0.2, 0.25) is 0 Å². The highest BCUT2D eigenvalue weighted by molar-refractivity contribution is 5.66. The Morgan fingerprint density at radius 2 is 1.26 bits per heavy atom. The molecule has 5 heteroatoms. The minimum atomic E-state index is -0.931. The highest BCUT2D eigenvalue weighted by Gasteiger charge is 2.02. The number of carboxylic acids is 1. The molecule has 0 radical (unpaired) electrons. The quantitative estimate of drug-likeness (QED) is 0.275. The largest absolute Gasteiger partial charge is 0.481 e. The SMILES string of the molecule is CC/C=C\C[C@@H](O)/C=C/C=C\CC(O)/C=C/C=C/C=C\[C@@H](O)CCC(=O)O. The van der Waals surface area contributed by atoms with E-state index in [0.717, 1.165) is 6.42 Å². The lowest BCUT2D eigenvalue weighted by atomic mass is 10.2. The number of carboxylic acid groups (broad SMARTS) is 1. The van der Waals surface area contributed by atoms with Gasteiger partial charge in [-0.05, 0) is 25.7 Å². The lowest BCUT2D eigenvalue weighted by molar-refractivity contribution is -0.137. The molecular weight excluding hydrogens is 344 g/mol. The van der Waals surface area contributed by atoms with Gasteiger partial charge in [0.2, 0.25) is 0 Å².